The van der Waals surface area contributed by atoms with E-state index < -0.39 is 0 Å². The topological polar surface area (TPSA) is 56.1 Å². The van der Waals surface area contributed by atoms with Crippen LogP contribution in [0, 0.1) is 0 Å². The molecule has 0 aliphatic heterocycles. The number of amides is 1. The standard InChI is InChI=1S/C34H35N3O2/c1-34(2,3)28-17-19-29(20-18-28)39-22-21-37-31-12-8-7-11-30(31)36-32(37)24-35-33(38)23-25-13-15-27(16-14-25)26-9-5-4-6-10-26/h4-20H,21-24H2,1-3H3,(H,35,38). The van der Waals surface area contributed by atoms with E-state index in [1.807, 2.05) is 60.7 Å². The van der Waals surface area contributed by atoms with Crippen molar-refractivity contribution in [3.8, 4) is 16.9 Å². The van der Waals surface area contributed by atoms with Gasteiger partial charge in [-0.1, -0.05) is 99.6 Å². The van der Waals surface area contributed by atoms with Gasteiger partial charge in [0.05, 0.1) is 30.5 Å². The lowest BCUT2D eigenvalue weighted by Crippen LogP contribution is -2.26. The second kappa shape index (κ2) is 11.6. The predicted molar refractivity (Wildman–Crippen MR) is 158 cm³/mol. The highest BCUT2D eigenvalue weighted by Gasteiger charge is 2.14. The Balaban J connectivity index is 1.20. The molecule has 0 spiro atoms. The lowest BCUT2D eigenvalue weighted by molar-refractivity contribution is -0.120. The molecule has 0 aliphatic rings. The molecular formula is C34H35N3O2. The number of hydrogen-bond acceptors (Lipinski definition) is 3. The Morgan fingerprint density at radius 3 is 2.21 bits per heavy atom. The minimum atomic E-state index is -0.0312. The van der Waals surface area contributed by atoms with E-state index in [0.717, 1.165) is 33.7 Å². The summed E-state index contributed by atoms with van der Waals surface area (Å²) >= 11 is 0. The third-order valence-electron chi connectivity index (χ3n) is 6.91. The number of carbonyl (C=O) groups excluding carboxylic acids is 1. The number of rotatable bonds is 9. The first-order valence-electron chi connectivity index (χ1n) is 13.5. The first-order valence-corrected chi connectivity index (χ1v) is 13.5. The van der Waals surface area contributed by atoms with Crippen LogP contribution in [-0.2, 0) is 29.7 Å². The van der Waals surface area contributed by atoms with E-state index in [1.165, 1.54) is 11.1 Å². The summed E-state index contributed by atoms with van der Waals surface area (Å²) in [4.78, 5) is 17.6. The number of imidazole rings is 1. The Hall–Kier alpha value is -4.38. The minimum Gasteiger partial charge on any atom is -0.492 e. The maximum Gasteiger partial charge on any atom is 0.224 e. The molecule has 1 N–H and O–H groups in total. The minimum absolute atomic E-state index is 0.0312. The molecule has 0 bridgehead atoms. The van der Waals surface area contributed by atoms with Crippen LogP contribution in [-0.4, -0.2) is 22.1 Å². The van der Waals surface area contributed by atoms with Gasteiger partial charge >= 0.3 is 0 Å². The number of carbonyl (C=O) groups is 1. The van der Waals surface area contributed by atoms with Gasteiger partial charge < -0.3 is 14.6 Å². The lowest BCUT2D eigenvalue weighted by atomic mass is 9.87. The van der Waals surface area contributed by atoms with Gasteiger partial charge in [0.2, 0.25) is 5.91 Å². The van der Waals surface area contributed by atoms with Gasteiger partial charge in [-0.25, -0.2) is 4.98 Å². The molecule has 0 unspecified atom stereocenters. The molecule has 0 radical (unpaired) electrons. The van der Waals surface area contributed by atoms with Crippen molar-refractivity contribution < 1.29 is 9.53 Å². The predicted octanol–water partition coefficient (Wildman–Crippen LogP) is 6.94. The summed E-state index contributed by atoms with van der Waals surface area (Å²) in [6, 6.07) is 34.7. The molecule has 0 aliphatic carbocycles. The lowest BCUT2D eigenvalue weighted by Gasteiger charge is -2.19. The number of nitrogens with one attached hydrogen (secondary N) is 1. The van der Waals surface area contributed by atoms with Crippen molar-refractivity contribution in [1.82, 2.24) is 14.9 Å². The maximum atomic E-state index is 12.8. The van der Waals surface area contributed by atoms with Crippen molar-refractivity contribution in [3.63, 3.8) is 0 Å². The average molecular weight is 518 g/mol. The molecular weight excluding hydrogens is 482 g/mol. The van der Waals surface area contributed by atoms with Crippen LogP contribution >= 0.6 is 0 Å². The fraction of sp³-hybridized carbons (Fsp3) is 0.235. The quantitative estimate of drug-likeness (QED) is 0.230. The Morgan fingerprint density at radius 1 is 0.821 bits per heavy atom. The van der Waals surface area contributed by atoms with E-state index in [4.69, 9.17) is 9.72 Å². The Kier molecular flexibility index (Phi) is 7.78. The summed E-state index contributed by atoms with van der Waals surface area (Å²) in [6.07, 6.45) is 0.322. The van der Waals surface area contributed by atoms with E-state index in [0.29, 0.717) is 26.1 Å². The van der Waals surface area contributed by atoms with Crippen molar-refractivity contribution in [2.24, 2.45) is 0 Å². The van der Waals surface area contributed by atoms with E-state index in [9.17, 15) is 4.79 Å². The molecule has 1 aromatic heterocycles. The SMILES string of the molecule is CC(C)(C)c1ccc(OCCn2c(CNC(=O)Cc3ccc(-c4ccccc4)cc3)nc3ccccc32)cc1. The number of fused-ring (bicyclic) bond motifs is 1. The van der Waals surface area contributed by atoms with Crippen LogP contribution in [0.3, 0.4) is 0 Å². The fourth-order valence-electron chi connectivity index (χ4n) is 4.69. The maximum absolute atomic E-state index is 12.8. The molecule has 5 heteroatoms. The normalized spacial score (nSPS) is 11.5. The smallest absolute Gasteiger partial charge is 0.224 e. The molecule has 5 rings (SSSR count). The van der Waals surface area contributed by atoms with Gasteiger partial charge in [-0.15, -0.1) is 0 Å². The molecule has 39 heavy (non-hydrogen) atoms. The van der Waals surface area contributed by atoms with Crippen LogP contribution in [0.4, 0.5) is 0 Å². The molecule has 1 amide bonds. The highest BCUT2D eigenvalue weighted by atomic mass is 16.5. The molecule has 0 saturated carbocycles. The summed E-state index contributed by atoms with van der Waals surface area (Å²) in [6.45, 7) is 8.10. The highest BCUT2D eigenvalue weighted by molar-refractivity contribution is 5.79. The Bertz CT molecular complexity index is 1530. The number of hydrogen-bond donors (Lipinski definition) is 1. The monoisotopic (exact) mass is 517 g/mol. The Labute approximate surface area is 230 Å². The van der Waals surface area contributed by atoms with Gasteiger partial charge in [-0.2, -0.15) is 0 Å². The molecule has 0 saturated heterocycles. The van der Waals surface area contributed by atoms with Gasteiger partial charge in [-0.05, 0) is 51.9 Å². The largest absolute Gasteiger partial charge is 0.492 e. The van der Waals surface area contributed by atoms with Crippen molar-refractivity contribution in [2.75, 3.05) is 6.61 Å². The van der Waals surface area contributed by atoms with Crippen LogP contribution in [0.15, 0.2) is 103 Å². The van der Waals surface area contributed by atoms with Gasteiger partial charge in [0.15, 0.2) is 0 Å². The van der Waals surface area contributed by atoms with Crippen LogP contribution in [0.2, 0.25) is 0 Å². The van der Waals surface area contributed by atoms with Crippen molar-refractivity contribution >= 4 is 16.9 Å². The summed E-state index contributed by atoms with van der Waals surface area (Å²) < 4.78 is 8.19. The van der Waals surface area contributed by atoms with Crippen LogP contribution in [0.1, 0.15) is 37.7 Å². The van der Waals surface area contributed by atoms with E-state index in [1.54, 1.807) is 0 Å². The van der Waals surface area contributed by atoms with Crippen molar-refractivity contribution in [1.29, 1.82) is 0 Å². The average Bonchev–Trinajstić information content (AvgIpc) is 3.30. The zero-order valence-corrected chi connectivity index (χ0v) is 22.9. The third kappa shape index (κ3) is 6.55. The molecule has 0 fully saturated rings. The highest BCUT2D eigenvalue weighted by Crippen LogP contribution is 2.24. The summed E-state index contributed by atoms with van der Waals surface area (Å²) in [5.74, 6) is 1.63. The van der Waals surface area contributed by atoms with Crippen LogP contribution in [0.5, 0.6) is 5.75 Å². The van der Waals surface area contributed by atoms with E-state index in [2.05, 4.69) is 73.1 Å². The number of benzene rings is 4. The first-order chi connectivity index (χ1) is 18.9. The molecule has 4 aromatic carbocycles. The zero-order chi connectivity index (χ0) is 27.2. The van der Waals surface area contributed by atoms with Crippen molar-refractivity contribution in [3.05, 3.63) is 120 Å². The zero-order valence-electron chi connectivity index (χ0n) is 22.9. The molecule has 5 nitrogen and oxygen atoms in total. The van der Waals surface area contributed by atoms with Crippen LogP contribution in [0.25, 0.3) is 22.2 Å². The number of ether oxygens (including phenoxy) is 1. The number of aromatic nitrogens is 2. The van der Waals surface area contributed by atoms with Gasteiger partial charge in [0, 0.05) is 0 Å². The fourth-order valence-corrected chi connectivity index (χ4v) is 4.69. The number of para-hydroxylation sites is 2. The van der Waals surface area contributed by atoms with E-state index in [-0.39, 0.29) is 11.3 Å². The first kappa shape index (κ1) is 26.2. The molecule has 1 heterocycles. The van der Waals surface area contributed by atoms with Gasteiger partial charge in [-0.3, -0.25) is 4.79 Å². The second-order valence-electron chi connectivity index (χ2n) is 10.8. The molecule has 5 aromatic rings. The summed E-state index contributed by atoms with van der Waals surface area (Å²) in [5, 5.41) is 3.06. The van der Waals surface area contributed by atoms with Crippen LogP contribution < -0.4 is 10.1 Å². The van der Waals surface area contributed by atoms with E-state index >= 15 is 0 Å². The Morgan fingerprint density at radius 2 is 1.49 bits per heavy atom. The number of nitrogens with zero attached hydrogens (tertiary/aromatic N) is 2. The summed E-state index contributed by atoms with van der Waals surface area (Å²) in [7, 11) is 0. The third-order valence-corrected chi connectivity index (χ3v) is 6.91. The molecule has 198 valence electrons. The van der Waals surface area contributed by atoms with Gasteiger partial charge in [0.1, 0.15) is 18.2 Å². The van der Waals surface area contributed by atoms with Crippen molar-refractivity contribution in [2.45, 2.75) is 45.7 Å². The molecule has 0 atom stereocenters. The summed E-state index contributed by atoms with van der Waals surface area (Å²) in [5.41, 5.74) is 6.61. The second-order valence-corrected chi connectivity index (χ2v) is 10.8. The van der Waals surface area contributed by atoms with Gasteiger partial charge in [0.25, 0.3) is 0 Å².